The summed E-state index contributed by atoms with van der Waals surface area (Å²) in [5, 5.41) is 0. The van der Waals surface area contributed by atoms with Gasteiger partial charge in [0.15, 0.2) is 0 Å². The minimum atomic E-state index is 0.302. The standard InChI is InChI=1S/C22H20N2O/c1-25-20-14-12-17(13-15-20)21-16-22(23-18-8-4-2-5-9-18)24(21)19-10-6-3-7-11-19/h2-15,21H,16H2,1H3/b23-22+. The van der Waals surface area contributed by atoms with Crippen molar-refractivity contribution in [2.24, 2.45) is 4.99 Å². The van der Waals surface area contributed by atoms with Gasteiger partial charge in [0.1, 0.15) is 11.6 Å². The lowest BCUT2D eigenvalue weighted by atomic mass is 9.92. The molecule has 1 atom stereocenters. The second kappa shape index (κ2) is 6.81. The highest BCUT2D eigenvalue weighted by atomic mass is 16.5. The third-order valence-corrected chi connectivity index (χ3v) is 4.51. The number of nitrogens with zero attached hydrogens (tertiary/aromatic N) is 2. The lowest BCUT2D eigenvalue weighted by Crippen LogP contribution is -2.46. The topological polar surface area (TPSA) is 24.8 Å². The molecule has 0 spiro atoms. The Kier molecular flexibility index (Phi) is 4.21. The quantitative estimate of drug-likeness (QED) is 0.642. The van der Waals surface area contributed by atoms with Crippen LogP contribution in [0.2, 0.25) is 0 Å². The fourth-order valence-corrected chi connectivity index (χ4v) is 3.19. The van der Waals surface area contributed by atoms with Crippen LogP contribution in [0.25, 0.3) is 0 Å². The van der Waals surface area contributed by atoms with E-state index in [4.69, 9.17) is 9.73 Å². The van der Waals surface area contributed by atoms with E-state index in [1.165, 1.54) is 11.3 Å². The summed E-state index contributed by atoms with van der Waals surface area (Å²) >= 11 is 0. The van der Waals surface area contributed by atoms with E-state index in [1.807, 2.05) is 48.5 Å². The SMILES string of the molecule is COc1ccc(C2C/C(=N\c3ccccc3)N2c2ccccc2)cc1. The second-order valence-electron chi connectivity index (χ2n) is 6.06. The van der Waals surface area contributed by atoms with E-state index in [1.54, 1.807) is 7.11 Å². The Morgan fingerprint density at radius 3 is 2.12 bits per heavy atom. The largest absolute Gasteiger partial charge is 0.497 e. The summed E-state index contributed by atoms with van der Waals surface area (Å²) in [6.45, 7) is 0. The highest BCUT2D eigenvalue weighted by Crippen LogP contribution is 2.40. The number of amidine groups is 1. The molecule has 124 valence electrons. The van der Waals surface area contributed by atoms with Crippen LogP contribution in [-0.2, 0) is 0 Å². The summed E-state index contributed by atoms with van der Waals surface area (Å²) in [6.07, 6.45) is 0.927. The van der Waals surface area contributed by atoms with Gasteiger partial charge in [0, 0.05) is 12.1 Å². The molecule has 0 amide bonds. The predicted octanol–water partition coefficient (Wildman–Crippen LogP) is 5.38. The number of para-hydroxylation sites is 2. The molecular weight excluding hydrogens is 308 g/mol. The average Bonchev–Trinajstić information content (AvgIpc) is 2.67. The first kappa shape index (κ1) is 15.5. The Hall–Kier alpha value is -3.07. The third kappa shape index (κ3) is 3.13. The Bertz CT molecular complexity index is 858. The molecule has 1 unspecified atom stereocenters. The van der Waals surface area contributed by atoms with Crippen molar-refractivity contribution >= 4 is 17.2 Å². The fraction of sp³-hybridized carbons (Fsp3) is 0.136. The lowest BCUT2D eigenvalue weighted by molar-refractivity contribution is 0.414. The molecule has 0 aliphatic carbocycles. The van der Waals surface area contributed by atoms with Crippen LogP contribution in [0.3, 0.4) is 0 Å². The van der Waals surface area contributed by atoms with Gasteiger partial charge in [-0.3, -0.25) is 0 Å². The molecule has 1 fully saturated rings. The summed E-state index contributed by atoms with van der Waals surface area (Å²) in [5.41, 5.74) is 3.44. The molecule has 3 aromatic rings. The fourth-order valence-electron chi connectivity index (χ4n) is 3.19. The zero-order valence-corrected chi connectivity index (χ0v) is 14.2. The minimum Gasteiger partial charge on any atom is -0.497 e. The second-order valence-corrected chi connectivity index (χ2v) is 6.06. The van der Waals surface area contributed by atoms with E-state index in [0.29, 0.717) is 6.04 Å². The maximum atomic E-state index is 5.27. The molecule has 0 saturated carbocycles. The Morgan fingerprint density at radius 1 is 0.840 bits per heavy atom. The predicted molar refractivity (Wildman–Crippen MR) is 103 cm³/mol. The Morgan fingerprint density at radius 2 is 1.48 bits per heavy atom. The van der Waals surface area contributed by atoms with Crippen molar-refractivity contribution in [3.05, 3.63) is 90.5 Å². The van der Waals surface area contributed by atoms with E-state index >= 15 is 0 Å². The van der Waals surface area contributed by atoms with Crippen molar-refractivity contribution < 1.29 is 4.74 Å². The van der Waals surface area contributed by atoms with Crippen LogP contribution in [0, 0.1) is 0 Å². The molecule has 0 bridgehead atoms. The number of hydrogen-bond acceptors (Lipinski definition) is 2. The molecule has 1 aliphatic heterocycles. The molecule has 3 aromatic carbocycles. The van der Waals surface area contributed by atoms with Gasteiger partial charge >= 0.3 is 0 Å². The summed E-state index contributed by atoms with van der Waals surface area (Å²) in [7, 11) is 1.69. The molecule has 0 N–H and O–H groups in total. The van der Waals surface area contributed by atoms with Gasteiger partial charge in [0.2, 0.25) is 0 Å². The van der Waals surface area contributed by atoms with E-state index in [2.05, 4.69) is 41.3 Å². The van der Waals surface area contributed by atoms with Gasteiger partial charge in [-0.2, -0.15) is 0 Å². The molecule has 1 heterocycles. The van der Waals surface area contributed by atoms with Crippen LogP contribution in [0.5, 0.6) is 5.75 Å². The van der Waals surface area contributed by atoms with E-state index in [-0.39, 0.29) is 0 Å². The van der Waals surface area contributed by atoms with Crippen molar-refractivity contribution in [1.29, 1.82) is 0 Å². The maximum Gasteiger partial charge on any atom is 0.118 e. The first-order valence-corrected chi connectivity index (χ1v) is 8.46. The first-order valence-electron chi connectivity index (χ1n) is 8.46. The number of aliphatic imine (C=N–C) groups is 1. The van der Waals surface area contributed by atoms with Gasteiger partial charge in [-0.05, 0) is 42.0 Å². The van der Waals surface area contributed by atoms with Crippen LogP contribution in [0.1, 0.15) is 18.0 Å². The zero-order chi connectivity index (χ0) is 17.1. The van der Waals surface area contributed by atoms with Crippen molar-refractivity contribution in [2.45, 2.75) is 12.5 Å². The average molecular weight is 328 g/mol. The van der Waals surface area contributed by atoms with Gasteiger partial charge in [-0.25, -0.2) is 4.99 Å². The molecule has 4 rings (SSSR count). The van der Waals surface area contributed by atoms with E-state index in [9.17, 15) is 0 Å². The van der Waals surface area contributed by atoms with Crippen molar-refractivity contribution in [3.8, 4) is 5.75 Å². The monoisotopic (exact) mass is 328 g/mol. The number of hydrogen-bond donors (Lipinski definition) is 0. The van der Waals surface area contributed by atoms with Gasteiger partial charge < -0.3 is 9.64 Å². The van der Waals surface area contributed by atoms with Crippen molar-refractivity contribution in [2.75, 3.05) is 12.0 Å². The highest BCUT2D eigenvalue weighted by molar-refractivity contribution is 6.06. The maximum absolute atomic E-state index is 5.27. The van der Waals surface area contributed by atoms with Gasteiger partial charge in [0.05, 0.1) is 18.8 Å². The lowest BCUT2D eigenvalue weighted by Gasteiger charge is -2.44. The van der Waals surface area contributed by atoms with E-state index < -0.39 is 0 Å². The molecule has 0 aromatic heterocycles. The third-order valence-electron chi connectivity index (χ3n) is 4.51. The zero-order valence-electron chi connectivity index (χ0n) is 14.2. The first-order chi connectivity index (χ1) is 12.3. The normalized spacial score (nSPS) is 18.0. The van der Waals surface area contributed by atoms with Crippen molar-refractivity contribution in [1.82, 2.24) is 0 Å². The van der Waals surface area contributed by atoms with Crippen LogP contribution in [0.4, 0.5) is 11.4 Å². The molecular formula is C22H20N2O. The Balaban J connectivity index is 1.67. The minimum absolute atomic E-state index is 0.302. The number of benzene rings is 3. The van der Waals surface area contributed by atoms with Crippen LogP contribution >= 0.6 is 0 Å². The van der Waals surface area contributed by atoms with Crippen LogP contribution < -0.4 is 9.64 Å². The number of ether oxygens (including phenoxy) is 1. The van der Waals surface area contributed by atoms with Gasteiger partial charge in [-0.15, -0.1) is 0 Å². The number of anilines is 1. The summed E-state index contributed by atoms with van der Waals surface area (Å²) in [5.74, 6) is 1.98. The molecule has 1 aliphatic rings. The molecule has 3 heteroatoms. The highest BCUT2D eigenvalue weighted by Gasteiger charge is 2.36. The molecule has 0 radical (unpaired) electrons. The molecule has 1 saturated heterocycles. The summed E-state index contributed by atoms with van der Waals surface area (Å²) in [6, 6.07) is 29.2. The summed E-state index contributed by atoms with van der Waals surface area (Å²) < 4.78 is 5.27. The number of rotatable bonds is 4. The van der Waals surface area contributed by atoms with Crippen LogP contribution in [0.15, 0.2) is 89.9 Å². The van der Waals surface area contributed by atoms with Crippen molar-refractivity contribution in [3.63, 3.8) is 0 Å². The summed E-state index contributed by atoms with van der Waals surface area (Å²) in [4.78, 5) is 7.16. The van der Waals surface area contributed by atoms with Crippen LogP contribution in [-0.4, -0.2) is 12.9 Å². The van der Waals surface area contributed by atoms with Gasteiger partial charge in [-0.1, -0.05) is 48.5 Å². The number of methoxy groups -OCH3 is 1. The van der Waals surface area contributed by atoms with Gasteiger partial charge in [0.25, 0.3) is 0 Å². The smallest absolute Gasteiger partial charge is 0.118 e. The molecule has 25 heavy (non-hydrogen) atoms. The Labute approximate surface area is 148 Å². The van der Waals surface area contributed by atoms with E-state index in [0.717, 1.165) is 23.7 Å². The molecule has 3 nitrogen and oxygen atoms in total.